The van der Waals surface area contributed by atoms with E-state index in [1.165, 1.54) is 0 Å². The molecule has 28 heavy (non-hydrogen) atoms. The summed E-state index contributed by atoms with van der Waals surface area (Å²) in [6, 6.07) is 10.8. The quantitative estimate of drug-likeness (QED) is 0.467. The zero-order chi connectivity index (χ0) is 19.9. The van der Waals surface area contributed by atoms with Gasteiger partial charge in [-0.25, -0.2) is 4.68 Å². The third kappa shape index (κ3) is 5.28. The van der Waals surface area contributed by atoms with Crippen LogP contribution in [0.4, 0.5) is 5.95 Å². The minimum absolute atomic E-state index is 0.251. The minimum atomic E-state index is 0.251. The maximum atomic E-state index is 6.23. The van der Waals surface area contributed by atoms with Crippen LogP contribution in [0.5, 0.6) is 5.75 Å². The molecule has 0 aliphatic heterocycles. The van der Waals surface area contributed by atoms with Gasteiger partial charge < -0.3 is 10.1 Å². The molecule has 3 aromatic rings. The number of benzene rings is 2. The normalized spacial score (nSPS) is 10.9. The summed E-state index contributed by atoms with van der Waals surface area (Å²) in [4.78, 5) is 0. The van der Waals surface area contributed by atoms with Crippen LogP contribution in [0.3, 0.4) is 0 Å². The van der Waals surface area contributed by atoms with Crippen molar-refractivity contribution < 1.29 is 4.74 Å². The molecule has 0 saturated carbocycles. The van der Waals surface area contributed by atoms with E-state index in [2.05, 4.69) is 27.8 Å². The van der Waals surface area contributed by atoms with Gasteiger partial charge in [0.05, 0.1) is 0 Å². The summed E-state index contributed by atoms with van der Waals surface area (Å²) in [7, 11) is 0. The van der Waals surface area contributed by atoms with E-state index in [4.69, 9.17) is 39.5 Å². The molecule has 0 aliphatic carbocycles. The number of aryl methyl sites for hydroxylation is 1. The number of nitrogens with zero attached hydrogens (tertiary/aromatic N) is 4. The first-order valence-electron chi connectivity index (χ1n) is 8.92. The summed E-state index contributed by atoms with van der Waals surface area (Å²) in [6.45, 7) is 3.59. The van der Waals surface area contributed by atoms with Crippen molar-refractivity contribution in [3.05, 3.63) is 62.6 Å². The zero-order valence-electron chi connectivity index (χ0n) is 15.3. The van der Waals surface area contributed by atoms with Crippen molar-refractivity contribution >= 4 is 40.8 Å². The molecule has 3 rings (SSSR count). The van der Waals surface area contributed by atoms with Crippen LogP contribution in [0, 0.1) is 0 Å². The van der Waals surface area contributed by atoms with Crippen molar-refractivity contribution in [2.24, 2.45) is 0 Å². The van der Waals surface area contributed by atoms with Gasteiger partial charge in [-0.05, 0) is 47.2 Å². The van der Waals surface area contributed by atoms with Gasteiger partial charge in [0.15, 0.2) is 0 Å². The van der Waals surface area contributed by atoms with Gasteiger partial charge >= 0.3 is 0 Å². The Bertz CT molecular complexity index is 911. The van der Waals surface area contributed by atoms with E-state index >= 15 is 0 Å². The number of ether oxygens (including phenoxy) is 1. The van der Waals surface area contributed by atoms with Gasteiger partial charge in [0.1, 0.15) is 12.4 Å². The number of nitrogens with one attached hydrogen (secondary N) is 1. The number of unbranched alkanes of at least 4 members (excludes halogenated alkanes) is 1. The molecule has 0 amide bonds. The van der Waals surface area contributed by atoms with E-state index in [1.54, 1.807) is 28.9 Å². The summed E-state index contributed by atoms with van der Waals surface area (Å²) in [5, 5.41) is 16.8. The van der Waals surface area contributed by atoms with Gasteiger partial charge in [0, 0.05) is 39.3 Å². The highest BCUT2D eigenvalue weighted by atomic mass is 35.5. The van der Waals surface area contributed by atoms with Crippen molar-refractivity contribution in [3.8, 4) is 5.75 Å². The Morgan fingerprint density at radius 1 is 1.11 bits per heavy atom. The maximum absolute atomic E-state index is 6.23. The first kappa shape index (κ1) is 20.7. The maximum Gasteiger partial charge on any atom is 0.243 e. The second-order valence-corrected chi connectivity index (χ2v) is 7.42. The molecule has 1 aromatic heterocycles. The fourth-order valence-electron chi connectivity index (χ4n) is 2.61. The van der Waals surface area contributed by atoms with Crippen LogP contribution >= 0.6 is 34.8 Å². The highest BCUT2D eigenvalue weighted by molar-refractivity contribution is 6.36. The Labute approximate surface area is 178 Å². The summed E-state index contributed by atoms with van der Waals surface area (Å²) in [6.07, 6.45) is 2.07. The van der Waals surface area contributed by atoms with Crippen molar-refractivity contribution in [1.82, 2.24) is 20.2 Å². The number of tetrazole rings is 1. The van der Waals surface area contributed by atoms with E-state index < -0.39 is 0 Å². The van der Waals surface area contributed by atoms with Gasteiger partial charge in [-0.1, -0.05) is 59.3 Å². The molecule has 0 bridgehead atoms. The van der Waals surface area contributed by atoms with Crippen molar-refractivity contribution in [3.63, 3.8) is 0 Å². The molecular weight excluding hydrogens is 421 g/mol. The average molecular weight is 441 g/mol. The Hall–Kier alpha value is -2.02. The van der Waals surface area contributed by atoms with Crippen LogP contribution in [0.1, 0.15) is 30.9 Å². The predicted octanol–water partition coefficient (Wildman–Crippen LogP) is 5.62. The molecule has 1 N–H and O–H groups in total. The van der Waals surface area contributed by atoms with E-state index in [0.717, 1.165) is 30.5 Å². The Morgan fingerprint density at radius 2 is 1.89 bits per heavy atom. The van der Waals surface area contributed by atoms with Gasteiger partial charge in [0.25, 0.3) is 0 Å². The number of hydrogen-bond donors (Lipinski definition) is 1. The summed E-state index contributed by atoms with van der Waals surface area (Å²) in [5.74, 6) is 1.29. The fraction of sp³-hybridized carbons (Fsp3) is 0.316. The monoisotopic (exact) mass is 439 g/mol. The van der Waals surface area contributed by atoms with Gasteiger partial charge in [-0.3, -0.25) is 0 Å². The average Bonchev–Trinajstić information content (AvgIpc) is 3.13. The van der Waals surface area contributed by atoms with Gasteiger partial charge in [-0.2, -0.15) is 0 Å². The third-order valence-corrected chi connectivity index (χ3v) is 5.09. The largest absolute Gasteiger partial charge is 0.488 e. The first-order valence-corrected chi connectivity index (χ1v) is 10.1. The standard InChI is InChI=1S/C19H20Cl3N5O/c1-2-3-9-27-19(24-25-26-27)23-11-13-10-14(20)7-8-18(13)28-12-15-16(21)5-4-6-17(15)22/h4-8,10H,2-3,9,11-12H2,1H3,(H,23,24,26). The van der Waals surface area contributed by atoms with Crippen LogP contribution < -0.4 is 10.1 Å². The van der Waals surface area contributed by atoms with Crippen molar-refractivity contribution in [1.29, 1.82) is 0 Å². The van der Waals surface area contributed by atoms with Gasteiger partial charge in [-0.15, -0.1) is 0 Å². The number of anilines is 1. The number of hydrogen-bond acceptors (Lipinski definition) is 5. The molecule has 0 aliphatic rings. The summed E-state index contributed by atoms with van der Waals surface area (Å²) in [5.41, 5.74) is 1.61. The zero-order valence-corrected chi connectivity index (χ0v) is 17.6. The molecule has 6 nitrogen and oxygen atoms in total. The minimum Gasteiger partial charge on any atom is -0.488 e. The lowest BCUT2D eigenvalue weighted by atomic mass is 10.2. The molecule has 0 atom stereocenters. The van der Waals surface area contributed by atoms with Crippen LogP contribution in [0.25, 0.3) is 0 Å². The van der Waals surface area contributed by atoms with Crippen molar-refractivity contribution in [2.75, 3.05) is 5.32 Å². The lowest BCUT2D eigenvalue weighted by molar-refractivity contribution is 0.303. The molecule has 148 valence electrons. The summed E-state index contributed by atoms with van der Waals surface area (Å²) >= 11 is 18.6. The van der Waals surface area contributed by atoms with Crippen LogP contribution in [0.2, 0.25) is 15.1 Å². The summed E-state index contributed by atoms with van der Waals surface area (Å²) < 4.78 is 7.73. The molecule has 0 spiro atoms. The van der Waals surface area contributed by atoms with E-state index in [9.17, 15) is 0 Å². The Morgan fingerprint density at radius 3 is 2.64 bits per heavy atom. The van der Waals surface area contributed by atoms with Crippen LogP contribution in [0.15, 0.2) is 36.4 Å². The molecule has 9 heteroatoms. The molecule has 0 unspecified atom stereocenters. The second kappa shape index (κ2) is 9.96. The molecular formula is C19H20Cl3N5O. The molecule has 0 radical (unpaired) electrons. The SMILES string of the molecule is CCCCn1nnnc1NCc1cc(Cl)ccc1OCc1c(Cl)cccc1Cl. The first-order chi connectivity index (χ1) is 13.6. The highest BCUT2D eigenvalue weighted by Crippen LogP contribution is 2.28. The number of aromatic nitrogens is 4. The highest BCUT2D eigenvalue weighted by Gasteiger charge is 2.11. The lowest BCUT2D eigenvalue weighted by Crippen LogP contribution is -2.10. The van der Waals surface area contributed by atoms with E-state index in [-0.39, 0.29) is 6.61 Å². The third-order valence-electron chi connectivity index (χ3n) is 4.15. The smallest absolute Gasteiger partial charge is 0.243 e. The van der Waals surface area contributed by atoms with E-state index in [0.29, 0.717) is 33.3 Å². The fourth-order valence-corrected chi connectivity index (χ4v) is 3.31. The number of halogens is 3. The van der Waals surface area contributed by atoms with Crippen molar-refractivity contribution in [2.45, 2.75) is 39.5 Å². The van der Waals surface area contributed by atoms with Gasteiger partial charge in [0.2, 0.25) is 5.95 Å². The number of rotatable bonds is 9. The predicted molar refractivity (Wildman–Crippen MR) is 112 cm³/mol. The second-order valence-electron chi connectivity index (χ2n) is 6.17. The van der Waals surface area contributed by atoms with E-state index in [1.807, 2.05) is 12.1 Å². The topological polar surface area (TPSA) is 64.9 Å². The molecule has 0 saturated heterocycles. The van der Waals surface area contributed by atoms with Crippen LogP contribution in [-0.4, -0.2) is 20.2 Å². The Balaban J connectivity index is 1.72. The lowest BCUT2D eigenvalue weighted by Gasteiger charge is -2.14. The Kier molecular flexibility index (Phi) is 7.36. The molecule has 1 heterocycles. The molecule has 0 fully saturated rings. The van der Waals surface area contributed by atoms with Crippen LogP contribution in [-0.2, 0) is 19.7 Å². The molecule has 2 aromatic carbocycles.